The molecule has 2 aromatic carbocycles. The number of aromatic nitrogens is 2. The first-order chi connectivity index (χ1) is 15.0. The molecule has 0 saturated heterocycles. The van der Waals surface area contributed by atoms with Crippen molar-refractivity contribution < 1.29 is 19.4 Å². The summed E-state index contributed by atoms with van der Waals surface area (Å²) < 4.78 is 7.08. The van der Waals surface area contributed by atoms with Crippen molar-refractivity contribution >= 4 is 29.0 Å². The van der Waals surface area contributed by atoms with Crippen LogP contribution in [0.1, 0.15) is 10.4 Å². The maximum Gasteiger partial charge on any atom is 0.409 e. The fourth-order valence-electron chi connectivity index (χ4n) is 3.30. The maximum atomic E-state index is 13.1. The Bertz CT molecular complexity index is 1260. The first-order valence-electron chi connectivity index (χ1n) is 9.46. The molecule has 2 N–H and O–H groups in total. The van der Waals surface area contributed by atoms with Crippen LogP contribution in [0.4, 0.5) is 16.2 Å². The number of rotatable bonds is 5. The standard InChI is InChI=1S/C23H20N4O4/c1-26(18-4-3-5-19(12-18)31-2)22(28)16-8-11-21-24-13-20(27(21)14-16)15-6-9-17(10-7-15)25-23(29)30/h3-14,25H,1-2H3,(H,29,30). The molecular formula is C23H20N4O4. The van der Waals surface area contributed by atoms with Crippen molar-refractivity contribution in [2.75, 3.05) is 24.4 Å². The maximum absolute atomic E-state index is 13.1. The summed E-state index contributed by atoms with van der Waals surface area (Å²) in [6.07, 6.45) is 2.35. The Labute approximate surface area is 178 Å². The van der Waals surface area contributed by atoms with Gasteiger partial charge in [0.05, 0.1) is 24.6 Å². The van der Waals surface area contributed by atoms with Gasteiger partial charge in [0.15, 0.2) is 0 Å². The summed E-state index contributed by atoms with van der Waals surface area (Å²) in [5.74, 6) is 0.501. The lowest BCUT2D eigenvalue weighted by Gasteiger charge is -2.18. The van der Waals surface area contributed by atoms with Crippen molar-refractivity contribution in [1.82, 2.24) is 9.38 Å². The molecule has 0 fully saturated rings. The number of fused-ring (bicyclic) bond motifs is 1. The number of benzene rings is 2. The van der Waals surface area contributed by atoms with Crippen LogP contribution in [-0.4, -0.2) is 40.6 Å². The van der Waals surface area contributed by atoms with Gasteiger partial charge in [-0.05, 0) is 36.4 Å². The van der Waals surface area contributed by atoms with Crippen LogP contribution in [0.3, 0.4) is 0 Å². The molecule has 156 valence electrons. The minimum Gasteiger partial charge on any atom is -0.497 e. The molecule has 0 unspecified atom stereocenters. The van der Waals surface area contributed by atoms with E-state index in [2.05, 4.69) is 10.3 Å². The van der Waals surface area contributed by atoms with E-state index in [1.807, 2.05) is 22.6 Å². The summed E-state index contributed by atoms with van der Waals surface area (Å²) >= 11 is 0. The lowest BCUT2D eigenvalue weighted by atomic mass is 10.1. The van der Waals surface area contributed by atoms with Crippen LogP contribution in [0.2, 0.25) is 0 Å². The van der Waals surface area contributed by atoms with Crippen LogP contribution < -0.4 is 15.0 Å². The quantitative estimate of drug-likeness (QED) is 0.503. The first-order valence-corrected chi connectivity index (χ1v) is 9.46. The van der Waals surface area contributed by atoms with E-state index in [0.717, 1.165) is 16.9 Å². The van der Waals surface area contributed by atoms with Gasteiger partial charge in [0.1, 0.15) is 11.4 Å². The van der Waals surface area contributed by atoms with E-state index in [1.165, 1.54) is 0 Å². The molecule has 0 spiro atoms. The highest BCUT2D eigenvalue weighted by molar-refractivity contribution is 6.05. The number of nitrogens with one attached hydrogen (secondary N) is 1. The second-order valence-electron chi connectivity index (χ2n) is 6.86. The Hall–Kier alpha value is -4.33. The predicted octanol–water partition coefficient (Wildman–Crippen LogP) is 4.38. The normalized spacial score (nSPS) is 10.6. The number of amides is 2. The largest absolute Gasteiger partial charge is 0.497 e. The number of hydrogen-bond donors (Lipinski definition) is 2. The molecule has 0 saturated carbocycles. The number of carbonyl (C=O) groups is 2. The Balaban J connectivity index is 1.66. The molecule has 0 radical (unpaired) electrons. The molecule has 2 aromatic heterocycles. The number of carboxylic acid groups (broad SMARTS) is 1. The Morgan fingerprint density at radius 3 is 2.58 bits per heavy atom. The van der Waals surface area contributed by atoms with Gasteiger partial charge < -0.3 is 14.7 Å². The SMILES string of the molecule is COc1cccc(N(C)C(=O)c2ccc3ncc(-c4ccc(NC(=O)O)cc4)n3c2)c1. The third kappa shape index (κ3) is 4.04. The van der Waals surface area contributed by atoms with Gasteiger partial charge in [-0.15, -0.1) is 0 Å². The Morgan fingerprint density at radius 1 is 1.10 bits per heavy atom. The molecule has 2 amide bonds. The summed E-state index contributed by atoms with van der Waals surface area (Å²) in [4.78, 5) is 29.8. The van der Waals surface area contributed by atoms with Gasteiger partial charge in [0.25, 0.3) is 5.91 Å². The minimum atomic E-state index is -1.12. The van der Waals surface area contributed by atoms with Crippen LogP contribution in [-0.2, 0) is 0 Å². The van der Waals surface area contributed by atoms with E-state index in [9.17, 15) is 9.59 Å². The zero-order valence-corrected chi connectivity index (χ0v) is 16.9. The molecule has 0 aliphatic carbocycles. The van der Waals surface area contributed by atoms with Gasteiger partial charge in [-0.1, -0.05) is 18.2 Å². The van der Waals surface area contributed by atoms with Gasteiger partial charge >= 0.3 is 6.09 Å². The van der Waals surface area contributed by atoms with E-state index >= 15 is 0 Å². The molecule has 0 aliphatic heterocycles. The topological polar surface area (TPSA) is 96.2 Å². The van der Waals surface area contributed by atoms with Crippen LogP contribution in [0.25, 0.3) is 16.9 Å². The fraction of sp³-hybridized carbons (Fsp3) is 0.0870. The summed E-state index contributed by atoms with van der Waals surface area (Å²) in [6, 6.07) is 17.8. The van der Waals surface area contributed by atoms with E-state index in [-0.39, 0.29) is 5.91 Å². The van der Waals surface area contributed by atoms with Gasteiger partial charge in [-0.2, -0.15) is 0 Å². The van der Waals surface area contributed by atoms with Gasteiger partial charge in [0, 0.05) is 36.2 Å². The highest BCUT2D eigenvalue weighted by atomic mass is 16.5. The molecule has 0 aliphatic rings. The number of hydrogen-bond acceptors (Lipinski definition) is 4. The van der Waals surface area contributed by atoms with Crippen LogP contribution >= 0.6 is 0 Å². The van der Waals surface area contributed by atoms with Crippen molar-refractivity contribution in [3.63, 3.8) is 0 Å². The number of anilines is 2. The van der Waals surface area contributed by atoms with Crippen LogP contribution in [0, 0.1) is 0 Å². The zero-order valence-electron chi connectivity index (χ0n) is 16.9. The smallest absolute Gasteiger partial charge is 0.409 e. The first kappa shape index (κ1) is 20.0. The number of methoxy groups -OCH3 is 1. The zero-order chi connectivity index (χ0) is 22.0. The van der Waals surface area contributed by atoms with Gasteiger partial charge in [-0.3, -0.25) is 14.5 Å². The third-order valence-electron chi connectivity index (χ3n) is 4.93. The summed E-state index contributed by atoms with van der Waals surface area (Å²) in [5, 5.41) is 11.1. The summed E-state index contributed by atoms with van der Waals surface area (Å²) in [6.45, 7) is 0. The monoisotopic (exact) mass is 416 g/mol. The lowest BCUT2D eigenvalue weighted by molar-refractivity contribution is 0.0992. The number of pyridine rings is 1. The molecule has 31 heavy (non-hydrogen) atoms. The summed E-state index contributed by atoms with van der Waals surface area (Å²) in [5.41, 5.74) is 4.02. The molecule has 4 aromatic rings. The van der Waals surface area contributed by atoms with E-state index in [4.69, 9.17) is 9.84 Å². The average Bonchev–Trinajstić information content (AvgIpc) is 3.21. The summed E-state index contributed by atoms with van der Waals surface area (Å²) in [7, 11) is 3.30. The number of carbonyl (C=O) groups excluding carboxylic acids is 1. The van der Waals surface area contributed by atoms with Crippen molar-refractivity contribution in [3.05, 3.63) is 78.6 Å². The van der Waals surface area contributed by atoms with Gasteiger partial charge in [-0.25, -0.2) is 9.78 Å². The second-order valence-corrected chi connectivity index (χ2v) is 6.86. The lowest BCUT2D eigenvalue weighted by Crippen LogP contribution is -2.26. The molecule has 8 heteroatoms. The minimum absolute atomic E-state index is 0.171. The third-order valence-corrected chi connectivity index (χ3v) is 4.93. The van der Waals surface area contributed by atoms with E-state index in [0.29, 0.717) is 22.6 Å². The van der Waals surface area contributed by atoms with E-state index in [1.54, 1.807) is 73.9 Å². The Kier molecular flexibility index (Phi) is 5.28. The van der Waals surface area contributed by atoms with Crippen LogP contribution in [0.15, 0.2) is 73.1 Å². The second kappa shape index (κ2) is 8.19. The highest BCUT2D eigenvalue weighted by Crippen LogP contribution is 2.25. The molecule has 4 rings (SSSR count). The van der Waals surface area contributed by atoms with Crippen molar-refractivity contribution in [3.8, 4) is 17.0 Å². The molecule has 0 bridgehead atoms. The van der Waals surface area contributed by atoms with Crippen LogP contribution in [0.5, 0.6) is 5.75 Å². The van der Waals surface area contributed by atoms with Crippen molar-refractivity contribution in [2.24, 2.45) is 0 Å². The van der Waals surface area contributed by atoms with Gasteiger partial charge in [0.2, 0.25) is 0 Å². The number of ether oxygens (including phenoxy) is 1. The predicted molar refractivity (Wildman–Crippen MR) is 118 cm³/mol. The molecule has 8 nitrogen and oxygen atoms in total. The molecular weight excluding hydrogens is 396 g/mol. The average molecular weight is 416 g/mol. The number of nitrogens with zero attached hydrogens (tertiary/aromatic N) is 3. The molecule has 2 heterocycles. The number of imidazole rings is 1. The van der Waals surface area contributed by atoms with E-state index < -0.39 is 6.09 Å². The molecule has 0 atom stereocenters. The Morgan fingerprint density at radius 2 is 1.87 bits per heavy atom. The fourth-order valence-corrected chi connectivity index (χ4v) is 3.30. The van der Waals surface area contributed by atoms with Crippen molar-refractivity contribution in [1.29, 1.82) is 0 Å². The van der Waals surface area contributed by atoms with Crippen molar-refractivity contribution in [2.45, 2.75) is 0 Å². The highest BCUT2D eigenvalue weighted by Gasteiger charge is 2.16.